The molecule has 0 spiro atoms. The number of hydrogen-bond acceptors (Lipinski definition) is 4. The first-order valence-corrected chi connectivity index (χ1v) is 10.8. The van der Waals surface area contributed by atoms with E-state index in [-0.39, 0.29) is 23.0 Å². The standard InChI is InChI=1S/C17H15BrClF2N3O3S/c18-15-5-10(6-16(19)23-15)8-22-17(25)14-7-12(21)9-24(14)28(26,27)13-3-1-11(20)2-4-13/h1-6,12,14H,7-9H2,(H,22,25). The van der Waals surface area contributed by atoms with Gasteiger partial charge in [0, 0.05) is 19.5 Å². The van der Waals surface area contributed by atoms with E-state index in [0.717, 1.165) is 28.6 Å². The van der Waals surface area contributed by atoms with Gasteiger partial charge in [-0.05, 0) is 57.9 Å². The summed E-state index contributed by atoms with van der Waals surface area (Å²) in [7, 11) is -4.15. The Balaban J connectivity index is 1.77. The number of alkyl halides is 1. The van der Waals surface area contributed by atoms with E-state index < -0.39 is 40.5 Å². The van der Waals surface area contributed by atoms with Crippen molar-refractivity contribution in [2.24, 2.45) is 0 Å². The molecule has 1 aromatic carbocycles. The van der Waals surface area contributed by atoms with E-state index in [2.05, 4.69) is 26.2 Å². The van der Waals surface area contributed by atoms with Crippen LogP contribution in [-0.4, -0.2) is 42.4 Å². The zero-order valence-corrected chi connectivity index (χ0v) is 17.4. The quantitative estimate of drug-likeness (QED) is 0.648. The Morgan fingerprint density at radius 2 is 2.00 bits per heavy atom. The van der Waals surface area contributed by atoms with Gasteiger partial charge in [-0.15, -0.1) is 0 Å². The average molecular weight is 495 g/mol. The van der Waals surface area contributed by atoms with Crippen LogP contribution in [0, 0.1) is 5.82 Å². The molecule has 1 aliphatic heterocycles. The Bertz CT molecular complexity index is 971. The number of carbonyl (C=O) groups excluding carboxylic acids is 1. The topological polar surface area (TPSA) is 79.4 Å². The molecule has 1 fully saturated rings. The van der Waals surface area contributed by atoms with E-state index in [4.69, 9.17) is 11.6 Å². The van der Waals surface area contributed by atoms with Crippen LogP contribution in [0.15, 0.2) is 45.9 Å². The molecule has 2 unspecified atom stereocenters. The molecule has 0 aliphatic carbocycles. The van der Waals surface area contributed by atoms with Crippen molar-refractivity contribution < 1.29 is 22.0 Å². The number of nitrogens with zero attached hydrogens (tertiary/aromatic N) is 2. The molecule has 150 valence electrons. The highest BCUT2D eigenvalue weighted by Crippen LogP contribution is 2.28. The van der Waals surface area contributed by atoms with Crippen LogP contribution < -0.4 is 5.32 Å². The van der Waals surface area contributed by atoms with Crippen LogP contribution in [0.25, 0.3) is 0 Å². The summed E-state index contributed by atoms with van der Waals surface area (Å²) in [4.78, 5) is 16.3. The number of nitrogens with one attached hydrogen (secondary N) is 1. The second kappa shape index (κ2) is 8.40. The number of carbonyl (C=O) groups is 1. The Kier molecular flexibility index (Phi) is 6.33. The largest absolute Gasteiger partial charge is 0.351 e. The highest BCUT2D eigenvalue weighted by Gasteiger charge is 2.44. The molecular weight excluding hydrogens is 480 g/mol. The monoisotopic (exact) mass is 493 g/mol. The molecule has 0 saturated carbocycles. The molecular formula is C17H15BrClF2N3O3S. The summed E-state index contributed by atoms with van der Waals surface area (Å²) in [6, 6.07) is 6.15. The van der Waals surface area contributed by atoms with Crippen LogP contribution in [0.2, 0.25) is 5.15 Å². The molecule has 6 nitrogen and oxygen atoms in total. The predicted molar refractivity (Wildman–Crippen MR) is 102 cm³/mol. The fraction of sp³-hybridized carbons (Fsp3) is 0.294. The smallest absolute Gasteiger partial charge is 0.243 e. The summed E-state index contributed by atoms with van der Waals surface area (Å²) in [6.45, 7) is -0.373. The molecule has 1 saturated heterocycles. The van der Waals surface area contributed by atoms with Gasteiger partial charge in [-0.25, -0.2) is 22.2 Å². The van der Waals surface area contributed by atoms with Crippen LogP contribution >= 0.6 is 27.5 Å². The fourth-order valence-electron chi connectivity index (χ4n) is 2.93. The van der Waals surface area contributed by atoms with Gasteiger partial charge in [-0.1, -0.05) is 11.6 Å². The first-order chi connectivity index (χ1) is 13.2. The molecule has 3 rings (SSSR count). The van der Waals surface area contributed by atoms with Crippen molar-refractivity contribution in [1.82, 2.24) is 14.6 Å². The van der Waals surface area contributed by atoms with Crippen LogP contribution in [-0.2, 0) is 21.4 Å². The van der Waals surface area contributed by atoms with E-state index in [1.54, 1.807) is 12.1 Å². The van der Waals surface area contributed by atoms with Gasteiger partial charge in [0.1, 0.15) is 27.8 Å². The van der Waals surface area contributed by atoms with Crippen LogP contribution in [0.5, 0.6) is 0 Å². The maximum atomic E-state index is 14.0. The Morgan fingerprint density at radius 3 is 2.64 bits per heavy atom. The van der Waals surface area contributed by atoms with Crippen LogP contribution in [0.4, 0.5) is 8.78 Å². The summed E-state index contributed by atoms with van der Waals surface area (Å²) in [6.07, 6.45) is -1.73. The fourth-order valence-corrected chi connectivity index (χ4v) is 5.37. The maximum Gasteiger partial charge on any atom is 0.243 e. The first kappa shape index (κ1) is 21.1. The summed E-state index contributed by atoms with van der Waals surface area (Å²) in [5.74, 6) is -1.23. The lowest BCUT2D eigenvalue weighted by atomic mass is 10.2. The maximum absolute atomic E-state index is 14.0. The number of rotatable bonds is 5. The van der Waals surface area contributed by atoms with Crippen molar-refractivity contribution in [3.05, 3.63) is 57.5 Å². The lowest BCUT2D eigenvalue weighted by Crippen LogP contribution is -2.45. The molecule has 0 radical (unpaired) electrons. The Morgan fingerprint density at radius 1 is 1.32 bits per heavy atom. The van der Waals surface area contributed by atoms with Crippen LogP contribution in [0.1, 0.15) is 12.0 Å². The van der Waals surface area contributed by atoms with Crippen molar-refractivity contribution in [1.29, 1.82) is 0 Å². The second-order valence-corrected chi connectivity index (χ2v) is 9.31. The van der Waals surface area contributed by atoms with Crippen molar-refractivity contribution in [2.45, 2.75) is 30.1 Å². The molecule has 1 aliphatic rings. The highest BCUT2D eigenvalue weighted by atomic mass is 79.9. The molecule has 1 aromatic heterocycles. The molecule has 2 heterocycles. The second-order valence-electron chi connectivity index (χ2n) is 6.22. The van der Waals surface area contributed by atoms with E-state index in [0.29, 0.717) is 10.2 Å². The number of amides is 1. The summed E-state index contributed by atoms with van der Waals surface area (Å²) < 4.78 is 54.0. The minimum Gasteiger partial charge on any atom is -0.351 e. The van der Waals surface area contributed by atoms with E-state index in [9.17, 15) is 22.0 Å². The number of benzene rings is 1. The molecule has 1 N–H and O–H groups in total. The third kappa shape index (κ3) is 4.68. The minimum atomic E-state index is -4.15. The molecule has 11 heteroatoms. The summed E-state index contributed by atoms with van der Waals surface area (Å²) in [5, 5.41) is 2.83. The summed E-state index contributed by atoms with van der Waals surface area (Å²) >= 11 is 9.04. The normalized spacial score (nSPS) is 20.3. The number of aromatic nitrogens is 1. The van der Waals surface area contributed by atoms with Crippen molar-refractivity contribution in [3.63, 3.8) is 0 Å². The van der Waals surface area contributed by atoms with E-state index >= 15 is 0 Å². The van der Waals surface area contributed by atoms with E-state index in [1.165, 1.54) is 0 Å². The molecule has 1 amide bonds. The lowest BCUT2D eigenvalue weighted by Gasteiger charge is -2.23. The lowest BCUT2D eigenvalue weighted by molar-refractivity contribution is -0.124. The van der Waals surface area contributed by atoms with Gasteiger partial charge in [0.15, 0.2) is 0 Å². The van der Waals surface area contributed by atoms with Gasteiger partial charge in [-0.3, -0.25) is 4.79 Å². The third-order valence-electron chi connectivity index (χ3n) is 4.22. The van der Waals surface area contributed by atoms with E-state index in [1.807, 2.05) is 0 Å². The van der Waals surface area contributed by atoms with Crippen molar-refractivity contribution in [2.75, 3.05) is 6.54 Å². The van der Waals surface area contributed by atoms with Crippen molar-refractivity contribution in [3.8, 4) is 0 Å². The Labute approximate surface area is 174 Å². The predicted octanol–water partition coefficient (Wildman–Crippen LogP) is 3.05. The summed E-state index contributed by atoms with van der Waals surface area (Å²) in [5.41, 5.74) is 0.642. The third-order valence-corrected chi connectivity index (χ3v) is 6.71. The number of hydrogen-bond donors (Lipinski definition) is 1. The van der Waals surface area contributed by atoms with Crippen LogP contribution in [0.3, 0.4) is 0 Å². The van der Waals surface area contributed by atoms with Crippen molar-refractivity contribution >= 4 is 43.5 Å². The number of sulfonamides is 1. The molecule has 2 aromatic rings. The number of pyridine rings is 1. The molecule has 28 heavy (non-hydrogen) atoms. The van der Waals surface area contributed by atoms with Gasteiger partial charge in [0.2, 0.25) is 15.9 Å². The zero-order chi connectivity index (χ0) is 20.5. The first-order valence-electron chi connectivity index (χ1n) is 8.18. The highest BCUT2D eigenvalue weighted by molar-refractivity contribution is 9.10. The molecule has 0 bridgehead atoms. The number of halogens is 4. The van der Waals surface area contributed by atoms with Gasteiger partial charge < -0.3 is 5.32 Å². The zero-order valence-electron chi connectivity index (χ0n) is 14.3. The van der Waals surface area contributed by atoms with Gasteiger partial charge in [-0.2, -0.15) is 4.31 Å². The average Bonchev–Trinajstić information content (AvgIpc) is 3.02. The molecule has 2 atom stereocenters. The Hall–Kier alpha value is -1.62. The van der Waals surface area contributed by atoms with Gasteiger partial charge >= 0.3 is 0 Å². The SMILES string of the molecule is O=C(NCc1cc(Cl)nc(Br)c1)C1CC(F)CN1S(=O)(=O)c1ccc(F)cc1. The van der Waals surface area contributed by atoms with Gasteiger partial charge in [0.25, 0.3) is 0 Å². The minimum absolute atomic E-state index is 0.0670. The van der Waals surface area contributed by atoms with Gasteiger partial charge in [0.05, 0.1) is 4.90 Å².